The summed E-state index contributed by atoms with van der Waals surface area (Å²) in [6.07, 6.45) is 2.87. The summed E-state index contributed by atoms with van der Waals surface area (Å²) < 4.78 is 5.13. The molecule has 0 radical (unpaired) electrons. The van der Waals surface area contributed by atoms with E-state index in [2.05, 4.69) is 42.0 Å². The van der Waals surface area contributed by atoms with Gasteiger partial charge in [0.15, 0.2) is 0 Å². The van der Waals surface area contributed by atoms with E-state index in [9.17, 15) is 9.59 Å². The molecule has 2 aliphatic rings. The van der Waals surface area contributed by atoms with Gasteiger partial charge >= 0.3 is 5.24 Å². The van der Waals surface area contributed by atoms with Crippen molar-refractivity contribution in [3.05, 3.63) is 59.2 Å². The summed E-state index contributed by atoms with van der Waals surface area (Å²) in [4.78, 5) is 32.5. The number of benzene rings is 2. The van der Waals surface area contributed by atoms with E-state index in [1.54, 1.807) is 7.11 Å². The number of carbonyl (C=O) groups is 2. The summed E-state index contributed by atoms with van der Waals surface area (Å²) in [7, 11) is 1.69. The second-order valence-corrected chi connectivity index (χ2v) is 11.7. The topological polar surface area (TPSA) is 74.6 Å². The van der Waals surface area contributed by atoms with Gasteiger partial charge in [0.1, 0.15) is 11.6 Å². The van der Waals surface area contributed by atoms with Crippen molar-refractivity contribution in [2.24, 2.45) is 10.1 Å². The zero-order valence-electron chi connectivity index (χ0n) is 22.6. The Morgan fingerprint density at radius 1 is 1.22 bits per heavy atom. The molecular formula is C29H36N4O3S. The molecule has 196 valence electrons. The lowest BCUT2D eigenvalue weighted by Gasteiger charge is -2.35. The number of amidine groups is 1. The fraction of sp³-hybridized carbons (Fsp3) is 0.448. The standard InChI is InChI=1S/C29H36N4O3S/c1-7-11-25(34)33-28(35)37-29(4,5)26(31-33)21-15-16-23-20(18-21)12-10-17-32(23)27(30-19(2)3)22-13-8-9-14-24(22)36-6/h8-9,13-16,18-19H,7,10-12,17H2,1-6H3. The monoisotopic (exact) mass is 520 g/mol. The van der Waals surface area contributed by atoms with Gasteiger partial charge < -0.3 is 9.64 Å². The number of hydrazone groups is 1. The van der Waals surface area contributed by atoms with Crippen LogP contribution in [0.5, 0.6) is 5.75 Å². The smallest absolute Gasteiger partial charge is 0.309 e. The molecule has 2 aliphatic heterocycles. The van der Waals surface area contributed by atoms with Gasteiger partial charge in [0.05, 0.1) is 23.1 Å². The van der Waals surface area contributed by atoms with Gasteiger partial charge in [-0.15, -0.1) is 0 Å². The van der Waals surface area contributed by atoms with Crippen molar-refractivity contribution < 1.29 is 14.3 Å². The Morgan fingerprint density at radius 3 is 2.68 bits per heavy atom. The zero-order chi connectivity index (χ0) is 26.7. The molecule has 4 rings (SSSR count). The minimum atomic E-state index is -0.551. The maximum atomic E-state index is 12.7. The van der Waals surface area contributed by atoms with Crippen molar-refractivity contribution in [1.82, 2.24) is 5.01 Å². The average molecular weight is 521 g/mol. The summed E-state index contributed by atoms with van der Waals surface area (Å²) >= 11 is 1.15. The molecule has 37 heavy (non-hydrogen) atoms. The lowest BCUT2D eigenvalue weighted by molar-refractivity contribution is -0.127. The maximum Gasteiger partial charge on any atom is 0.309 e. The number of methoxy groups -OCH3 is 1. The molecule has 2 amide bonds. The number of aryl methyl sites for hydroxylation is 1. The first-order valence-electron chi connectivity index (χ1n) is 12.9. The number of aliphatic imine (C=N–C) groups is 1. The van der Waals surface area contributed by atoms with Crippen molar-refractivity contribution in [1.29, 1.82) is 0 Å². The lowest BCUT2D eigenvalue weighted by atomic mass is 9.93. The summed E-state index contributed by atoms with van der Waals surface area (Å²) in [5.41, 5.74) is 4.94. The average Bonchev–Trinajstić information content (AvgIpc) is 2.86. The molecule has 2 heterocycles. The predicted octanol–water partition coefficient (Wildman–Crippen LogP) is 6.28. The molecule has 0 aliphatic carbocycles. The van der Waals surface area contributed by atoms with Crippen LogP contribution in [-0.4, -0.2) is 52.1 Å². The molecule has 2 aromatic rings. The summed E-state index contributed by atoms with van der Waals surface area (Å²) in [5, 5.41) is 5.33. The van der Waals surface area contributed by atoms with Crippen LogP contribution < -0.4 is 9.64 Å². The Balaban J connectivity index is 1.77. The van der Waals surface area contributed by atoms with Crippen molar-refractivity contribution >= 4 is 40.1 Å². The molecule has 0 bridgehead atoms. The second-order valence-electron chi connectivity index (χ2n) is 10.1. The van der Waals surface area contributed by atoms with Gasteiger partial charge in [0, 0.05) is 24.7 Å². The molecule has 0 fully saturated rings. The quantitative estimate of drug-likeness (QED) is 0.331. The van der Waals surface area contributed by atoms with Crippen LogP contribution in [0.4, 0.5) is 10.5 Å². The van der Waals surface area contributed by atoms with E-state index in [0.29, 0.717) is 12.8 Å². The first-order valence-corrected chi connectivity index (χ1v) is 13.7. The molecule has 0 spiro atoms. The van der Waals surface area contributed by atoms with Crippen LogP contribution in [-0.2, 0) is 11.2 Å². The fourth-order valence-corrected chi connectivity index (χ4v) is 5.70. The molecule has 0 saturated heterocycles. The van der Waals surface area contributed by atoms with Crippen LogP contribution >= 0.6 is 11.8 Å². The highest BCUT2D eigenvalue weighted by Gasteiger charge is 2.40. The van der Waals surface area contributed by atoms with Crippen LogP contribution in [0.25, 0.3) is 0 Å². The van der Waals surface area contributed by atoms with Gasteiger partial charge in [0.25, 0.3) is 5.91 Å². The number of para-hydroxylation sites is 1. The minimum Gasteiger partial charge on any atom is -0.496 e. The van der Waals surface area contributed by atoms with Crippen LogP contribution in [0.3, 0.4) is 0 Å². The van der Waals surface area contributed by atoms with Gasteiger partial charge in [-0.05, 0) is 94.1 Å². The molecule has 0 atom stereocenters. The Labute approximate surface area is 224 Å². The predicted molar refractivity (Wildman–Crippen MR) is 152 cm³/mol. The summed E-state index contributed by atoms with van der Waals surface area (Å²) in [5.74, 6) is 1.43. The zero-order valence-corrected chi connectivity index (χ0v) is 23.4. The van der Waals surface area contributed by atoms with Crippen molar-refractivity contribution in [2.75, 3.05) is 18.6 Å². The van der Waals surface area contributed by atoms with Gasteiger partial charge in [-0.3, -0.25) is 14.6 Å². The maximum absolute atomic E-state index is 12.7. The third-order valence-electron chi connectivity index (χ3n) is 6.44. The van der Waals surface area contributed by atoms with Gasteiger partial charge in [-0.25, -0.2) is 0 Å². The summed E-state index contributed by atoms with van der Waals surface area (Å²) in [6.45, 7) is 10.9. The van der Waals surface area contributed by atoms with E-state index in [1.165, 1.54) is 5.56 Å². The van der Waals surface area contributed by atoms with E-state index in [1.807, 2.05) is 45.0 Å². The number of fused-ring (bicyclic) bond motifs is 1. The van der Waals surface area contributed by atoms with E-state index in [-0.39, 0.29) is 17.2 Å². The molecule has 0 aromatic heterocycles. The van der Waals surface area contributed by atoms with E-state index in [0.717, 1.165) is 70.3 Å². The van der Waals surface area contributed by atoms with Crippen molar-refractivity contribution in [3.8, 4) is 5.75 Å². The Bertz CT molecular complexity index is 1250. The van der Waals surface area contributed by atoms with Crippen LogP contribution in [0.1, 0.15) is 70.6 Å². The normalized spacial score (nSPS) is 17.5. The van der Waals surface area contributed by atoms with E-state index < -0.39 is 4.75 Å². The first kappa shape index (κ1) is 26.9. The Morgan fingerprint density at radius 2 is 1.97 bits per heavy atom. The first-order chi connectivity index (χ1) is 17.7. The largest absolute Gasteiger partial charge is 0.496 e. The Kier molecular flexibility index (Phi) is 8.07. The molecule has 8 heteroatoms. The third kappa shape index (κ3) is 5.59. The number of hydrogen-bond donors (Lipinski definition) is 0. The Hall–Kier alpha value is -3.13. The number of nitrogens with zero attached hydrogens (tertiary/aromatic N) is 4. The van der Waals surface area contributed by atoms with Crippen LogP contribution in [0.15, 0.2) is 52.6 Å². The number of rotatable bonds is 6. The number of hydrogen-bond acceptors (Lipinski definition) is 6. The van der Waals surface area contributed by atoms with Crippen molar-refractivity contribution in [3.63, 3.8) is 0 Å². The number of thioether (sulfide) groups is 1. The SMILES string of the molecule is CCCC(=O)N1N=C(c2ccc3c(c2)CCCN3C(=NC(C)C)c2ccccc2OC)C(C)(C)SC1=O. The van der Waals surface area contributed by atoms with Crippen LogP contribution in [0.2, 0.25) is 0 Å². The molecule has 0 saturated carbocycles. The minimum absolute atomic E-state index is 0.114. The number of amides is 2. The molecule has 0 N–H and O–H groups in total. The number of anilines is 1. The van der Waals surface area contributed by atoms with Gasteiger partial charge in [0.2, 0.25) is 0 Å². The van der Waals surface area contributed by atoms with Crippen molar-refractivity contribution in [2.45, 2.75) is 71.1 Å². The molecular weight excluding hydrogens is 484 g/mol. The third-order valence-corrected chi connectivity index (χ3v) is 7.49. The lowest BCUT2D eigenvalue weighted by Crippen LogP contribution is -2.43. The van der Waals surface area contributed by atoms with Gasteiger partial charge in [-0.1, -0.05) is 25.1 Å². The highest BCUT2D eigenvalue weighted by molar-refractivity contribution is 8.15. The molecule has 2 aromatic carbocycles. The van der Waals surface area contributed by atoms with Crippen LogP contribution in [0, 0.1) is 0 Å². The van der Waals surface area contributed by atoms with Gasteiger partial charge in [-0.2, -0.15) is 10.1 Å². The highest BCUT2D eigenvalue weighted by Crippen LogP contribution is 2.38. The van der Waals surface area contributed by atoms with E-state index in [4.69, 9.17) is 9.73 Å². The second kappa shape index (κ2) is 11.1. The fourth-order valence-electron chi connectivity index (χ4n) is 4.78. The van der Waals surface area contributed by atoms with E-state index >= 15 is 0 Å². The molecule has 7 nitrogen and oxygen atoms in total. The molecule has 0 unspecified atom stereocenters. The highest BCUT2D eigenvalue weighted by atomic mass is 32.2. The number of ether oxygens (including phenoxy) is 1. The number of carbonyl (C=O) groups excluding carboxylic acids is 2. The summed E-state index contributed by atoms with van der Waals surface area (Å²) in [6, 6.07) is 14.4. The number of imide groups is 1.